The number of ether oxygens (including phenoxy) is 1. The Kier molecular flexibility index (Phi) is 5.26. The zero-order chi connectivity index (χ0) is 14.5. The molecule has 0 atom stereocenters. The highest BCUT2D eigenvalue weighted by Gasteiger charge is 2.11. The Morgan fingerprint density at radius 3 is 2.70 bits per heavy atom. The number of aromatic nitrogens is 3. The van der Waals surface area contributed by atoms with Gasteiger partial charge in [-0.1, -0.05) is 35.3 Å². The lowest BCUT2D eigenvalue weighted by atomic mass is 10.1. The molecule has 0 amide bonds. The van der Waals surface area contributed by atoms with Gasteiger partial charge >= 0.3 is 0 Å². The molecule has 0 aliphatic rings. The molecular weight excluding hydrogens is 297 g/mol. The van der Waals surface area contributed by atoms with Crippen molar-refractivity contribution in [1.82, 2.24) is 15.0 Å². The van der Waals surface area contributed by atoms with Crippen molar-refractivity contribution in [3.8, 4) is 5.75 Å². The van der Waals surface area contributed by atoms with E-state index in [1.807, 2.05) is 19.3 Å². The van der Waals surface area contributed by atoms with E-state index in [0.717, 1.165) is 36.3 Å². The summed E-state index contributed by atoms with van der Waals surface area (Å²) in [6.07, 6.45) is 4.37. The van der Waals surface area contributed by atoms with Crippen LogP contribution in [0.1, 0.15) is 24.6 Å². The van der Waals surface area contributed by atoms with Crippen LogP contribution in [-0.2, 0) is 19.9 Å². The quantitative estimate of drug-likeness (QED) is 0.816. The first-order valence-corrected chi connectivity index (χ1v) is 7.31. The Labute approximate surface area is 128 Å². The fraction of sp³-hybridized carbons (Fsp3) is 0.429. The van der Waals surface area contributed by atoms with Gasteiger partial charge in [0.05, 0.1) is 17.3 Å². The van der Waals surface area contributed by atoms with Gasteiger partial charge in [0.25, 0.3) is 0 Å². The highest BCUT2D eigenvalue weighted by molar-refractivity contribution is 6.35. The average molecular weight is 314 g/mol. The zero-order valence-corrected chi connectivity index (χ0v) is 13.1. The normalized spacial score (nSPS) is 10.8. The maximum absolute atomic E-state index is 6.21. The van der Waals surface area contributed by atoms with Crippen LogP contribution in [0.5, 0.6) is 5.75 Å². The van der Waals surface area contributed by atoms with Crippen LogP contribution in [0.3, 0.4) is 0 Å². The Bertz CT molecular complexity index is 584. The summed E-state index contributed by atoms with van der Waals surface area (Å²) in [5.74, 6) is 0.724. The highest BCUT2D eigenvalue weighted by atomic mass is 35.5. The standard InChI is InChI=1S/C14H17Cl2N3O/c1-3-6-20-14-10(7-11(15)8-13(14)16)4-5-12-9-19(2)18-17-12/h7-9H,3-6H2,1-2H3. The number of halogens is 2. The summed E-state index contributed by atoms with van der Waals surface area (Å²) in [6.45, 7) is 2.70. The third-order valence-corrected chi connectivity index (χ3v) is 3.34. The molecule has 0 aliphatic heterocycles. The van der Waals surface area contributed by atoms with E-state index in [2.05, 4.69) is 17.2 Å². The maximum Gasteiger partial charge on any atom is 0.141 e. The molecule has 0 bridgehead atoms. The molecular formula is C14H17Cl2N3O. The molecule has 0 saturated carbocycles. The summed E-state index contributed by atoms with van der Waals surface area (Å²) in [4.78, 5) is 0. The average Bonchev–Trinajstić information content (AvgIpc) is 2.81. The smallest absolute Gasteiger partial charge is 0.141 e. The monoisotopic (exact) mass is 313 g/mol. The number of benzene rings is 1. The second-order valence-corrected chi connectivity index (χ2v) is 5.45. The largest absolute Gasteiger partial charge is 0.492 e. The van der Waals surface area contributed by atoms with Gasteiger partial charge in [0.1, 0.15) is 5.75 Å². The molecule has 0 spiro atoms. The van der Waals surface area contributed by atoms with Gasteiger partial charge in [0.15, 0.2) is 0 Å². The fourth-order valence-corrected chi connectivity index (χ4v) is 2.53. The maximum atomic E-state index is 6.21. The third kappa shape index (κ3) is 3.87. The van der Waals surface area contributed by atoms with Crippen LogP contribution in [-0.4, -0.2) is 21.6 Å². The lowest BCUT2D eigenvalue weighted by Gasteiger charge is -2.13. The number of rotatable bonds is 6. The summed E-state index contributed by atoms with van der Waals surface area (Å²) in [6, 6.07) is 3.61. The molecule has 0 fully saturated rings. The van der Waals surface area contributed by atoms with Crippen LogP contribution < -0.4 is 4.74 Å². The van der Waals surface area contributed by atoms with Crippen molar-refractivity contribution in [1.29, 1.82) is 0 Å². The molecule has 2 aromatic rings. The van der Waals surface area contributed by atoms with Gasteiger partial charge in [-0.15, -0.1) is 5.10 Å². The van der Waals surface area contributed by atoms with Crippen LogP contribution >= 0.6 is 23.2 Å². The number of hydrogen-bond acceptors (Lipinski definition) is 3. The first kappa shape index (κ1) is 15.1. The van der Waals surface area contributed by atoms with Crippen molar-refractivity contribution in [2.45, 2.75) is 26.2 Å². The van der Waals surface area contributed by atoms with E-state index in [1.54, 1.807) is 10.7 Å². The minimum Gasteiger partial charge on any atom is -0.492 e. The topological polar surface area (TPSA) is 39.9 Å². The van der Waals surface area contributed by atoms with Gasteiger partial charge in [0.2, 0.25) is 0 Å². The van der Waals surface area contributed by atoms with Gasteiger partial charge in [-0.2, -0.15) is 0 Å². The first-order valence-electron chi connectivity index (χ1n) is 6.56. The van der Waals surface area contributed by atoms with E-state index in [-0.39, 0.29) is 0 Å². The number of aryl methyl sites for hydroxylation is 3. The van der Waals surface area contributed by atoms with Crippen LogP contribution in [0.25, 0.3) is 0 Å². The van der Waals surface area contributed by atoms with E-state index in [9.17, 15) is 0 Å². The minimum atomic E-state index is 0.556. The Morgan fingerprint density at radius 2 is 2.05 bits per heavy atom. The van der Waals surface area contributed by atoms with E-state index >= 15 is 0 Å². The van der Waals surface area contributed by atoms with Gasteiger partial charge < -0.3 is 4.74 Å². The predicted molar refractivity (Wildman–Crippen MR) is 80.7 cm³/mol. The van der Waals surface area contributed by atoms with E-state index in [0.29, 0.717) is 16.7 Å². The van der Waals surface area contributed by atoms with Crippen LogP contribution in [0.2, 0.25) is 10.0 Å². The van der Waals surface area contributed by atoms with Gasteiger partial charge in [0, 0.05) is 18.3 Å². The fourth-order valence-electron chi connectivity index (χ4n) is 1.94. The Balaban J connectivity index is 2.16. The first-order chi connectivity index (χ1) is 9.60. The molecule has 1 aromatic carbocycles. The van der Waals surface area contributed by atoms with Gasteiger partial charge in [-0.3, -0.25) is 4.68 Å². The molecule has 1 heterocycles. The minimum absolute atomic E-state index is 0.556. The third-order valence-electron chi connectivity index (χ3n) is 2.84. The van der Waals surface area contributed by atoms with Crippen molar-refractivity contribution in [3.05, 3.63) is 39.6 Å². The van der Waals surface area contributed by atoms with Gasteiger partial charge in [-0.25, -0.2) is 0 Å². The molecule has 0 unspecified atom stereocenters. The van der Waals surface area contributed by atoms with E-state index in [4.69, 9.17) is 27.9 Å². The van der Waals surface area contributed by atoms with Crippen molar-refractivity contribution >= 4 is 23.2 Å². The number of hydrogen-bond donors (Lipinski definition) is 0. The highest BCUT2D eigenvalue weighted by Crippen LogP contribution is 2.33. The van der Waals surface area contributed by atoms with Crippen LogP contribution in [0, 0.1) is 0 Å². The molecule has 1 aromatic heterocycles. The van der Waals surface area contributed by atoms with Crippen molar-refractivity contribution in [2.24, 2.45) is 7.05 Å². The number of nitrogens with zero attached hydrogens (tertiary/aromatic N) is 3. The molecule has 0 saturated heterocycles. The van der Waals surface area contributed by atoms with Crippen LogP contribution in [0.15, 0.2) is 18.3 Å². The molecule has 6 heteroatoms. The Morgan fingerprint density at radius 1 is 1.25 bits per heavy atom. The van der Waals surface area contributed by atoms with Crippen molar-refractivity contribution < 1.29 is 4.74 Å². The molecule has 4 nitrogen and oxygen atoms in total. The SMILES string of the molecule is CCCOc1c(Cl)cc(Cl)cc1CCc1cn(C)nn1. The molecule has 108 valence electrons. The second kappa shape index (κ2) is 6.95. The predicted octanol–water partition coefficient (Wildman–Crippen LogP) is 3.70. The lowest BCUT2D eigenvalue weighted by Crippen LogP contribution is -2.01. The van der Waals surface area contributed by atoms with Gasteiger partial charge in [-0.05, 0) is 37.0 Å². The van der Waals surface area contributed by atoms with E-state index < -0.39 is 0 Å². The Hall–Kier alpha value is -1.26. The van der Waals surface area contributed by atoms with E-state index in [1.165, 1.54) is 0 Å². The van der Waals surface area contributed by atoms with Crippen molar-refractivity contribution in [2.75, 3.05) is 6.61 Å². The summed E-state index contributed by atoms with van der Waals surface area (Å²) >= 11 is 12.3. The molecule has 0 aliphatic carbocycles. The van der Waals surface area contributed by atoms with Crippen molar-refractivity contribution in [3.63, 3.8) is 0 Å². The summed E-state index contributed by atoms with van der Waals surface area (Å²) in [5.41, 5.74) is 1.94. The summed E-state index contributed by atoms with van der Waals surface area (Å²) in [5, 5.41) is 9.17. The zero-order valence-electron chi connectivity index (χ0n) is 11.6. The lowest BCUT2D eigenvalue weighted by molar-refractivity contribution is 0.314. The molecule has 0 radical (unpaired) electrons. The molecule has 20 heavy (non-hydrogen) atoms. The summed E-state index contributed by atoms with van der Waals surface area (Å²) in [7, 11) is 1.85. The molecule has 0 N–H and O–H groups in total. The molecule has 2 rings (SSSR count). The van der Waals surface area contributed by atoms with Crippen LogP contribution in [0.4, 0.5) is 0 Å². The summed E-state index contributed by atoms with van der Waals surface area (Å²) < 4.78 is 7.42. The second-order valence-electron chi connectivity index (χ2n) is 4.61.